The van der Waals surface area contributed by atoms with Gasteiger partial charge in [-0.1, -0.05) is 32.6 Å². The van der Waals surface area contributed by atoms with Crippen LogP contribution in [-0.2, 0) is 14.3 Å². The van der Waals surface area contributed by atoms with E-state index in [1.165, 1.54) is 0 Å². The van der Waals surface area contributed by atoms with E-state index in [1.54, 1.807) is 0 Å². The highest BCUT2D eigenvalue weighted by Gasteiger charge is 2.13. The highest BCUT2D eigenvalue weighted by atomic mass is 32.2. The maximum Gasteiger partial charge on any atom is 0.420 e. The zero-order valence-corrected chi connectivity index (χ0v) is 9.18. The smallest absolute Gasteiger partial charge is 0.334 e. The predicted molar refractivity (Wildman–Crippen MR) is 53.2 cm³/mol. The Balaban J connectivity index is 3.61. The van der Waals surface area contributed by atoms with Crippen molar-refractivity contribution in [2.75, 3.05) is 5.75 Å². The van der Waals surface area contributed by atoms with Crippen LogP contribution in [0.15, 0.2) is 0 Å². The van der Waals surface area contributed by atoms with Gasteiger partial charge in [0, 0.05) is 0 Å². The summed E-state index contributed by atoms with van der Waals surface area (Å²) >= 11 is 0. The average molecular weight is 223 g/mol. The van der Waals surface area contributed by atoms with Crippen molar-refractivity contribution in [3.8, 4) is 0 Å². The van der Waals surface area contributed by atoms with Gasteiger partial charge in [0.1, 0.15) is 0 Å². The molecule has 0 aliphatic rings. The molecule has 0 spiro atoms. The van der Waals surface area contributed by atoms with E-state index in [0.717, 1.165) is 25.7 Å². The molecule has 0 saturated heterocycles. The quantitative estimate of drug-likeness (QED) is 0.522. The maximum atomic E-state index is 11.0. The van der Waals surface area contributed by atoms with Gasteiger partial charge in [-0.15, -0.1) is 0 Å². The van der Waals surface area contributed by atoms with Crippen molar-refractivity contribution in [3.63, 3.8) is 0 Å². The highest BCUT2D eigenvalue weighted by molar-refractivity contribution is 7.87. The van der Waals surface area contributed by atoms with Gasteiger partial charge >= 0.3 is 16.2 Å². The van der Waals surface area contributed by atoms with Crippen molar-refractivity contribution in [2.24, 2.45) is 5.73 Å². The van der Waals surface area contributed by atoms with Gasteiger partial charge in [0.25, 0.3) is 0 Å². The fraction of sp³-hybridized carbons (Fsp3) is 0.875. The van der Waals surface area contributed by atoms with Gasteiger partial charge in [-0.25, -0.2) is 4.79 Å². The number of carbonyl (C=O) groups is 1. The first-order valence-corrected chi connectivity index (χ1v) is 6.27. The topological polar surface area (TPSA) is 86.5 Å². The molecule has 0 rings (SSSR count). The van der Waals surface area contributed by atoms with Crippen LogP contribution >= 0.6 is 0 Å². The molecule has 6 heteroatoms. The minimum atomic E-state index is -3.74. The summed E-state index contributed by atoms with van der Waals surface area (Å²) in [6.07, 6.45) is 3.27. The van der Waals surface area contributed by atoms with E-state index < -0.39 is 16.2 Å². The Labute approximate surface area is 84.7 Å². The Kier molecular flexibility index (Phi) is 6.27. The van der Waals surface area contributed by atoms with Crippen LogP contribution in [-0.4, -0.2) is 20.3 Å². The monoisotopic (exact) mass is 223 g/mol. The second-order valence-electron chi connectivity index (χ2n) is 3.08. The molecule has 2 N–H and O–H groups in total. The fourth-order valence-corrected chi connectivity index (χ4v) is 1.94. The zero-order chi connectivity index (χ0) is 11.0. The molecule has 0 radical (unpaired) electrons. The Morgan fingerprint density at radius 2 is 1.79 bits per heavy atom. The summed E-state index contributed by atoms with van der Waals surface area (Å²) in [7, 11) is -3.74. The second kappa shape index (κ2) is 6.64. The molecule has 0 fully saturated rings. The summed E-state index contributed by atoms with van der Waals surface area (Å²) in [5.41, 5.74) is 4.59. The lowest BCUT2D eigenvalue weighted by molar-refractivity contribution is 0.212. The highest BCUT2D eigenvalue weighted by Crippen LogP contribution is 2.05. The molecule has 0 aliphatic heterocycles. The van der Waals surface area contributed by atoms with Crippen LogP contribution in [0.1, 0.15) is 39.0 Å². The van der Waals surface area contributed by atoms with E-state index in [0.29, 0.717) is 6.42 Å². The largest absolute Gasteiger partial charge is 0.420 e. The first-order chi connectivity index (χ1) is 6.48. The third-order valence-electron chi connectivity index (χ3n) is 1.71. The van der Waals surface area contributed by atoms with Gasteiger partial charge < -0.3 is 9.92 Å². The average Bonchev–Trinajstić information content (AvgIpc) is 2.01. The fourth-order valence-electron chi connectivity index (χ4n) is 1.05. The molecule has 0 aromatic rings. The summed E-state index contributed by atoms with van der Waals surface area (Å²) in [6, 6.07) is 0. The van der Waals surface area contributed by atoms with Crippen molar-refractivity contribution in [3.05, 3.63) is 0 Å². The van der Waals surface area contributed by atoms with Crippen molar-refractivity contribution in [1.29, 1.82) is 0 Å². The van der Waals surface area contributed by atoms with Crippen LogP contribution in [0.4, 0.5) is 4.79 Å². The normalized spacial score (nSPS) is 11.2. The van der Waals surface area contributed by atoms with Gasteiger partial charge in [-0.3, -0.25) is 0 Å². The van der Waals surface area contributed by atoms with Crippen molar-refractivity contribution in [1.82, 2.24) is 0 Å². The van der Waals surface area contributed by atoms with Gasteiger partial charge in [0.2, 0.25) is 0 Å². The number of carbonyl (C=O) groups excluding carboxylic acids is 1. The zero-order valence-electron chi connectivity index (χ0n) is 8.36. The molecule has 1 amide bonds. The molecular formula is C8H17NO4S. The van der Waals surface area contributed by atoms with Gasteiger partial charge in [0.15, 0.2) is 0 Å². The van der Waals surface area contributed by atoms with Crippen LogP contribution in [0, 0.1) is 0 Å². The minimum Gasteiger partial charge on any atom is -0.334 e. The first kappa shape index (κ1) is 13.2. The number of amides is 1. The third kappa shape index (κ3) is 7.85. The van der Waals surface area contributed by atoms with Crippen LogP contribution in [0.5, 0.6) is 0 Å². The number of nitrogens with two attached hydrogens (primary N) is 1. The molecule has 0 aromatic heterocycles. The molecule has 84 valence electrons. The van der Waals surface area contributed by atoms with Crippen molar-refractivity contribution < 1.29 is 17.4 Å². The van der Waals surface area contributed by atoms with Gasteiger partial charge in [0.05, 0.1) is 5.75 Å². The van der Waals surface area contributed by atoms with E-state index in [1.807, 2.05) is 0 Å². The van der Waals surface area contributed by atoms with Gasteiger partial charge in [-0.2, -0.15) is 8.42 Å². The van der Waals surface area contributed by atoms with Crippen LogP contribution in [0.3, 0.4) is 0 Å². The Hall–Kier alpha value is -0.780. The maximum absolute atomic E-state index is 11.0. The lowest BCUT2D eigenvalue weighted by Gasteiger charge is -2.02. The number of rotatable bonds is 7. The van der Waals surface area contributed by atoms with Crippen LogP contribution < -0.4 is 5.73 Å². The van der Waals surface area contributed by atoms with E-state index in [2.05, 4.69) is 16.8 Å². The number of hydrogen-bond acceptors (Lipinski definition) is 4. The molecule has 0 bridgehead atoms. The van der Waals surface area contributed by atoms with Crippen molar-refractivity contribution >= 4 is 16.2 Å². The minimum absolute atomic E-state index is 0.139. The molecule has 0 aliphatic carbocycles. The van der Waals surface area contributed by atoms with E-state index >= 15 is 0 Å². The number of hydrogen-bond donors (Lipinski definition) is 1. The van der Waals surface area contributed by atoms with E-state index in [4.69, 9.17) is 0 Å². The number of unbranched alkanes of at least 4 members (excludes halogenated alkanes) is 4. The summed E-state index contributed by atoms with van der Waals surface area (Å²) in [4.78, 5) is 10.2. The summed E-state index contributed by atoms with van der Waals surface area (Å²) < 4.78 is 25.9. The van der Waals surface area contributed by atoms with E-state index in [9.17, 15) is 13.2 Å². The SMILES string of the molecule is CCCCCCCS(=O)(=O)OC(N)=O. The molecule has 0 aromatic carbocycles. The Morgan fingerprint density at radius 1 is 1.21 bits per heavy atom. The lowest BCUT2D eigenvalue weighted by Crippen LogP contribution is -2.20. The molecular weight excluding hydrogens is 206 g/mol. The van der Waals surface area contributed by atoms with Crippen LogP contribution in [0.25, 0.3) is 0 Å². The predicted octanol–water partition coefficient (Wildman–Crippen LogP) is 1.38. The van der Waals surface area contributed by atoms with Gasteiger partial charge in [-0.05, 0) is 6.42 Å². The lowest BCUT2D eigenvalue weighted by atomic mass is 10.2. The summed E-state index contributed by atoms with van der Waals surface area (Å²) in [5, 5.41) is 0. The Bertz CT molecular complexity index is 261. The molecule has 14 heavy (non-hydrogen) atoms. The number of primary amides is 1. The molecule has 0 atom stereocenters. The molecule has 0 heterocycles. The molecule has 5 nitrogen and oxygen atoms in total. The summed E-state index contributed by atoms with van der Waals surface area (Å²) in [5.74, 6) is -0.139. The Morgan fingerprint density at radius 3 is 2.29 bits per heavy atom. The second-order valence-corrected chi connectivity index (χ2v) is 4.77. The molecule has 0 saturated carbocycles. The summed E-state index contributed by atoms with van der Waals surface area (Å²) in [6.45, 7) is 2.08. The van der Waals surface area contributed by atoms with Crippen molar-refractivity contribution in [2.45, 2.75) is 39.0 Å². The van der Waals surface area contributed by atoms with Crippen LogP contribution in [0.2, 0.25) is 0 Å². The standard InChI is InChI=1S/C8H17NO4S/c1-2-3-4-5-6-7-14(11,12)13-8(9)10/h2-7H2,1H3,(H2,9,10). The third-order valence-corrected chi connectivity index (χ3v) is 2.91. The van der Waals surface area contributed by atoms with E-state index in [-0.39, 0.29) is 5.75 Å². The molecule has 0 unspecified atom stereocenters. The first-order valence-electron chi connectivity index (χ1n) is 4.69.